The highest BCUT2D eigenvalue weighted by Crippen LogP contribution is 2.28. The van der Waals surface area contributed by atoms with Crippen LogP contribution in [0.25, 0.3) is 0 Å². The van der Waals surface area contributed by atoms with E-state index in [-0.39, 0.29) is 28.0 Å². The van der Waals surface area contributed by atoms with E-state index in [1.165, 1.54) is 31.4 Å². The Kier molecular flexibility index (Phi) is 6.07. The Hall–Kier alpha value is -1.94. The quantitative estimate of drug-likeness (QED) is 0.739. The Morgan fingerprint density at radius 1 is 1.04 bits per heavy atom. The van der Waals surface area contributed by atoms with Gasteiger partial charge in [0, 0.05) is 6.54 Å². The number of rotatable bonds is 7. The SMILES string of the molecule is COc1ccc(C(C)C)cc1S(=O)(=O)NCc1ccc(S(N)(=O)=O)cc1. The number of benzene rings is 2. The molecule has 0 saturated heterocycles. The Bertz CT molecular complexity index is 982. The molecule has 0 unspecified atom stereocenters. The van der Waals surface area contributed by atoms with Crippen LogP contribution in [-0.2, 0) is 26.6 Å². The van der Waals surface area contributed by atoms with Crippen LogP contribution in [0.3, 0.4) is 0 Å². The van der Waals surface area contributed by atoms with Gasteiger partial charge < -0.3 is 4.74 Å². The van der Waals surface area contributed by atoms with Crippen molar-refractivity contribution in [1.82, 2.24) is 4.72 Å². The number of hydrogen-bond donors (Lipinski definition) is 2. The molecular formula is C17H22N2O5S2. The van der Waals surface area contributed by atoms with Gasteiger partial charge in [-0.3, -0.25) is 0 Å². The molecule has 0 bridgehead atoms. The molecule has 26 heavy (non-hydrogen) atoms. The van der Waals surface area contributed by atoms with Gasteiger partial charge in [-0.05, 0) is 41.3 Å². The highest BCUT2D eigenvalue weighted by Gasteiger charge is 2.20. The molecular weight excluding hydrogens is 376 g/mol. The lowest BCUT2D eigenvalue weighted by atomic mass is 10.0. The molecule has 0 fully saturated rings. The summed E-state index contributed by atoms with van der Waals surface area (Å²) >= 11 is 0. The van der Waals surface area contributed by atoms with Gasteiger partial charge in [-0.2, -0.15) is 0 Å². The van der Waals surface area contributed by atoms with Crippen molar-refractivity contribution < 1.29 is 21.6 Å². The van der Waals surface area contributed by atoms with Crippen molar-refractivity contribution in [3.05, 3.63) is 53.6 Å². The van der Waals surface area contributed by atoms with Crippen molar-refractivity contribution in [2.75, 3.05) is 7.11 Å². The lowest BCUT2D eigenvalue weighted by molar-refractivity contribution is 0.402. The molecule has 0 aliphatic rings. The number of methoxy groups -OCH3 is 1. The van der Waals surface area contributed by atoms with Crippen LogP contribution in [-0.4, -0.2) is 23.9 Å². The summed E-state index contributed by atoms with van der Waals surface area (Å²) in [5.41, 5.74) is 1.48. The van der Waals surface area contributed by atoms with Crippen LogP contribution in [0.5, 0.6) is 5.75 Å². The van der Waals surface area contributed by atoms with Crippen LogP contribution < -0.4 is 14.6 Å². The van der Waals surface area contributed by atoms with Crippen LogP contribution >= 0.6 is 0 Å². The molecule has 0 amide bonds. The van der Waals surface area contributed by atoms with E-state index in [0.717, 1.165) is 5.56 Å². The van der Waals surface area contributed by atoms with Crippen LogP contribution in [0.2, 0.25) is 0 Å². The van der Waals surface area contributed by atoms with Crippen LogP contribution in [0.15, 0.2) is 52.3 Å². The molecule has 0 aliphatic carbocycles. The topological polar surface area (TPSA) is 116 Å². The Morgan fingerprint density at radius 3 is 2.15 bits per heavy atom. The van der Waals surface area contributed by atoms with Gasteiger partial charge in [0.05, 0.1) is 12.0 Å². The van der Waals surface area contributed by atoms with E-state index in [1.807, 2.05) is 19.9 Å². The second kappa shape index (κ2) is 7.75. The summed E-state index contributed by atoms with van der Waals surface area (Å²) in [6.45, 7) is 3.94. The maximum Gasteiger partial charge on any atom is 0.244 e. The second-order valence-electron chi connectivity index (χ2n) is 6.08. The number of sulfonamides is 2. The van der Waals surface area contributed by atoms with Crippen molar-refractivity contribution in [2.24, 2.45) is 5.14 Å². The van der Waals surface area contributed by atoms with E-state index in [1.54, 1.807) is 12.1 Å². The molecule has 0 radical (unpaired) electrons. The molecule has 2 aromatic carbocycles. The van der Waals surface area contributed by atoms with Gasteiger partial charge in [0.1, 0.15) is 10.6 Å². The normalized spacial score (nSPS) is 12.3. The zero-order valence-electron chi connectivity index (χ0n) is 14.8. The van der Waals surface area contributed by atoms with Gasteiger partial charge in [0.15, 0.2) is 0 Å². The maximum atomic E-state index is 12.7. The first-order chi connectivity index (χ1) is 12.0. The predicted molar refractivity (Wildman–Crippen MR) is 98.9 cm³/mol. The third kappa shape index (κ3) is 4.82. The first-order valence-corrected chi connectivity index (χ1v) is 10.9. The fourth-order valence-electron chi connectivity index (χ4n) is 2.32. The molecule has 7 nitrogen and oxygen atoms in total. The van der Waals surface area contributed by atoms with E-state index in [0.29, 0.717) is 5.56 Å². The van der Waals surface area contributed by atoms with E-state index in [9.17, 15) is 16.8 Å². The van der Waals surface area contributed by atoms with Crippen molar-refractivity contribution in [2.45, 2.75) is 36.1 Å². The molecule has 9 heteroatoms. The smallest absolute Gasteiger partial charge is 0.244 e. The fraction of sp³-hybridized carbons (Fsp3) is 0.294. The third-order valence-corrected chi connectivity index (χ3v) is 6.21. The Balaban J connectivity index is 2.25. The molecule has 0 aliphatic heterocycles. The summed E-state index contributed by atoms with van der Waals surface area (Å²) in [7, 11) is -6.18. The molecule has 0 saturated carbocycles. The van der Waals surface area contributed by atoms with E-state index >= 15 is 0 Å². The summed E-state index contributed by atoms with van der Waals surface area (Å²) in [5.74, 6) is 0.423. The first-order valence-electron chi connectivity index (χ1n) is 7.84. The van der Waals surface area contributed by atoms with Gasteiger partial charge in [-0.1, -0.05) is 32.0 Å². The van der Waals surface area contributed by atoms with E-state index in [4.69, 9.17) is 9.88 Å². The number of hydrogen-bond acceptors (Lipinski definition) is 5. The minimum atomic E-state index is -3.81. The lowest BCUT2D eigenvalue weighted by Gasteiger charge is -2.14. The van der Waals surface area contributed by atoms with E-state index in [2.05, 4.69) is 4.72 Å². The molecule has 0 aromatic heterocycles. The van der Waals surface area contributed by atoms with Gasteiger partial charge in [-0.25, -0.2) is 26.7 Å². The van der Waals surface area contributed by atoms with Crippen molar-refractivity contribution >= 4 is 20.0 Å². The van der Waals surface area contributed by atoms with Crippen LogP contribution in [0, 0.1) is 0 Å². The minimum Gasteiger partial charge on any atom is -0.495 e. The molecule has 2 aromatic rings. The zero-order chi connectivity index (χ0) is 19.5. The summed E-state index contributed by atoms with van der Waals surface area (Å²) in [6.07, 6.45) is 0. The first kappa shape index (κ1) is 20.4. The monoisotopic (exact) mass is 398 g/mol. The highest BCUT2D eigenvalue weighted by molar-refractivity contribution is 7.89. The lowest BCUT2D eigenvalue weighted by Crippen LogP contribution is -2.24. The number of nitrogens with one attached hydrogen (secondary N) is 1. The third-order valence-electron chi connectivity index (χ3n) is 3.86. The van der Waals surface area contributed by atoms with E-state index < -0.39 is 20.0 Å². The summed E-state index contributed by atoms with van der Waals surface area (Å²) in [4.78, 5) is 0.0303. The molecule has 2 rings (SSSR count). The van der Waals surface area contributed by atoms with Gasteiger partial charge in [-0.15, -0.1) is 0 Å². The van der Waals surface area contributed by atoms with Gasteiger partial charge >= 0.3 is 0 Å². The average Bonchev–Trinajstić information content (AvgIpc) is 2.59. The second-order valence-corrected chi connectivity index (χ2v) is 9.38. The largest absolute Gasteiger partial charge is 0.495 e. The Labute approximate surface area is 154 Å². The highest BCUT2D eigenvalue weighted by atomic mass is 32.2. The number of ether oxygens (including phenoxy) is 1. The van der Waals surface area contributed by atoms with Gasteiger partial charge in [0.25, 0.3) is 0 Å². The number of primary sulfonamides is 1. The molecule has 0 heterocycles. The van der Waals surface area contributed by atoms with Crippen molar-refractivity contribution in [3.63, 3.8) is 0 Å². The zero-order valence-corrected chi connectivity index (χ0v) is 16.4. The Morgan fingerprint density at radius 2 is 1.65 bits per heavy atom. The molecule has 3 N–H and O–H groups in total. The summed E-state index contributed by atoms with van der Waals surface area (Å²) < 4.78 is 55.5. The van der Waals surface area contributed by atoms with Crippen molar-refractivity contribution in [1.29, 1.82) is 0 Å². The summed E-state index contributed by atoms with van der Waals surface area (Å²) in [5, 5.41) is 5.04. The van der Waals surface area contributed by atoms with Crippen molar-refractivity contribution in [3.8, 4) is 5.75 Å². The van der Waals surface area contributed by atoms with Crippen LogP contribution in [0.1, 0.15) is 30.9 Å². The van der Waals surface area contributed by atoms with Gasteiger partial charge in [0.2, 0.25) is 20.0 Å². The molecule has 0 spiro atoms. The fourth-order valence-corrected chi connectivity index (χ4v) is 4.05. The standard InChI is InChI=1S/C17H22N2O5S2/c1-12(2)14-6-9-16(24-3)17(10-14)26(22,23)19-11-13-4-7-15(8-5-13)25(18,20)21/h4-10,12,19H,11H2,1-3H3,(H2,18,20,21). The maximum absolute atomic E-state index is 12.7. The van der Waals surface area contributed by atoms with Crippen LogP contribution in [0.4, 0.5) is 0 Å². The summed E-state index contributed by atoms with van der Waals surface area (Å²) in [6, 6.07) is 10.7. The molecule has 142 valence electrons. The average molecular weight is 399 g/mol. The minimum absolute atomic E-state index is 0.00227. The molecule has 0 atom stereocenters. The number of nitrogens with two attached hydrogens (primary N) is 1. The predicted octanol–water partition coefficient (Wildman–Crippen LogP) is 1.94.